The van der Waals surface area contributed by atoms with Crippen LogP contribution in [0.1, 0.15) is 41.3 Å². The maximum absolute atomic E-state index is 13.7. The molecule has 1 aliphatic rings. The average Bonchev–Trinajstić information content (AvgIpc) is 3.27. The molecule has 4 aromatic rings. The number of anilines is 1. The number of rotatable bonds is 5. The molecule has 0 saturated heterocycles. The van der Waals surface area contributed by atoms with Gasteiger partial charge in [0.25, 0.3) is 5.56 Å². The van der Waals surface area contributed by atoms with Crippen molar-refractivity contribution in [1.82, 2.24) is 9.13 Å². The Morgan fingerprint density at radius 2 is 1.79 bits per heavy atom. The molecule has 198 valence electrons. The molecule has 0 fully saturated rings. The molecule has 2 aromatic carbocycles. The summed E-state index contributed by atoms with van der Waals surface area (Å²) in [5, 5.41) is 2.74. The van der Waals surface area contributed by atoms with Crippen molar-refractivity contribution >= 4 is 44.7 Å². The molecule has 2 heterocycles. The molecule has 2 aromatic heterocycles. The summed E-state index contributed by atoms with van der Waals surface area (Å²) in [4.78, 5) is 41.8. The van der Waals surface area contributed by atoms with Crippen LogP contribution in [0.2, 0.25) is 5.02 Å². The quantitative estimate of drug-likeness (QED) is 0.326. The minimum absolute atomic E-state index is 0.0728. The van der Waals surface area contributed by atoms with E-state index < -0.39 is 35.4 Å². The molecule has 0 aliphatic heterocycles. The molecule has 11 heteroatoms. The number of benzene rings is 2. The van der Waals surface area contributed by atoms with Crippen molar-refractivity contribution < 1.29 is 18.0 Å². The van der Waals surface area contributed by atoms with Gasteiger partial charge in [-0.3, -0.25) is 14.2 Å². The number of alkyl halides is 3. The molecule has 0 bridgehead atoms. The third kappa shape index (κ3) is 4.78. The molecule has 0 spiro atoms. The fourth-order valence-corrected chi connectivity index (χ4v) is 6.28. The molecule has 1 N–H and O–H groups in total. The summed E-state index contributed by atoms with van der Waals surface area (Å²) in [6.45, 7) is 1.49. The van der Waals surface area contributed by atoms with Gasteiger partial charge in [0.15, 0.2) is 0 Å². The minimum Gasteiger partial charge on any atom is -0.323 e. The van der Waals surface area contributed by atoms with Crippen LogP contribution in [0.3, 0.4) is 0 Å². The van der Waals surface area contributed by atoms with Gasteiger partial charge in [0.1, 0.15) is 11.4 Å². The van der Waals surface area contributed by atoms with E-state index >= 15 is 0 Å². The Bertz CT molecular complexity index is 1670. The van der Waals surface area contributed by atoms with Crippen LogP contribution < -0.4 is 16.6 Å². The summed E-state index contributed by atoms with van der Waals surface area (Å²) in [6, 6.07) is 9.68. The Labute approximate surface area is 224 Å². The number of fused-ring (bicyclic) bond motifs is 3. The number of hydrogen-bond donors (Lipinski definition) is 1. The predicted molar refractivity (Wildman–Crippen MR) is 143 cm³/mol. The first-order valence-electron chi connectivity index (χ1n) is 12.1. The first-order chi connectivity index (χ1) is 18.1. The zero-order valence-electron chi connectivity index (χ0n) is 20.3. The van der Waals surface area contributed by atoms with E-state index in [0.29, 0.717) is 22.3 Å². The largest absolute Gasteiger partial charge is 0.416 e. The summed E-state index contributed by atoms with van der Waals surface area (Å²) >= 11 is 7.36. The molecule has 0 radical (unpaired) electrons. The van der Waals surface area contributed by atoms with E-state index in [2.05, 4.69) is 5.32 Å². The molecule has 0 unspecified atom stereocenters. The molecule has 1 aliphatic carbocycles. The number of nitrogens with one attached hydrogen (secondary N) is 1. The average molecular weight is 562 g/mol. The Morgan fingerprint density at radius 3 is 2.47 bits per heavy atom. The third-order valence-corrected chi connectivity index (χ3v) is 8.35. The SMILES string of the molecule is CCc1ccc(-n2c(=O)c3c4c(sc3n(CC(=O)Nc3cc(C(F)(F)F)ccc3Cl)c2=O)CCCC4)cc1. The summed E-state index contributed by atoms with van der Waals surface area (Å²) < 4.78 is 41.8. The molecular weight excluding hydrogens is 539 g/mol. The van der Waals surface area contributed by atoms with Crippen molar-refractivity contribution in [2.75, 3.05) is 5.32 Å². The van der Waals surface area contributed by atoms with Crippen LogP contribution >= 0.6 is 22.9 Å². The maximum Gasteiger partial charge on any atom is 0.416 e. The lowest BCUT2D eigenvalue weighted by atomic mass is 9.97. The number of aryl methyl sites for hydroxylation is 3. The van der Waals surface area contributed by atoms with E-state index in [1.54, 1.807) is 12.1 Å². The topological polar surface area (TPSA) is 73.1 Å². The highest BCUT2D eigenvalue weighted by molar-refractivity contribution is 7.18. The zero-order valence-corrected chi connectivity index (χ0v) is 21.9. The van der Waals surface area contributed by atoms with Gasteiger partial charge in [-0.15, -0.1) is 11.3 Å². The van der Waals surface area contributed by atoms with Gasteiger partial charge in [-0.05, 0) is 73.6 Å². The molecule has 0 saturated carbocycles. The van der Waals surface area contributed by atoms with Gasteiger partial charge in [-0.2, -0.15) is 13.2 Å². The molecule has 1 amide bonds. The Kier molecular flexibility index (Phi) is 6.96. The van der Waals surface area contributed by atoms with Gasteiger partial charge >= 0.3 is 11.9 Å². The molecular formula is C27H23ClF3N3O3S. The number of hydrogen-bond acceptors (Lipinski definition) is 4. The fourth-order valence-electron chi connectivity index (χ4n) is 4.75. The summed E-state index contributed by atoms with van der Waals surface area (Å²) in [7, 11) is 0. The van der Waals surface area contributed by atoms with Crippen LogP contribution in [0, 0.1) is 0 Å². The number of carbonyl (C=O) groups excluding carboxylic acids is 1. The van der Waals surface area contributed by atoms with Gasteiger partial charge in [0.2, 0.25) is 5.91 Å². The minimum atomic E-state index is -4.62. The van der Waals surface area contributed by atoms with Crippen LogP contribution in [-0.4, -0.2) is 15.0 Å². The lowest BCUT2D eigenvalue weighted by Crippen LogP contribution is -2.40. The summed E-state index contributed by atoms with van der Waals surface area (Å²) in [5.41, 5.74) is -0.00739. The van der Waals surface area contributed by atoms with E-state index in [-0.39, 0.29) is 10.7 Å². The number of aromatic nitrogens is 2. The fraction of sp³-hybridized carbons (Fsp3) is 0.296. The molecule has 5 rings (SSSR count). The predicted octanol–water partition coefficient (Wildman–Crippen LogP) is 5.97. The van der Waals surface area contributed by atoms with Crippen molar-refractivity contribution in [2.45, 2.75) is 51.7 Å². The highest BCUT2D eigenvalue weighted by Gasteiger charge is 2.31. The van der Waals surface area contributed by atoms with Crippen LogP contribution in [-0.2, 0) is 36.8 Å². The highest BCUT2D eigenvalue weighted by atomic mass is 35.5. The number of carbonyl (C=O) groups is 1. The maximum atomic E-state index is 13.7. The normalized spacial score (nSPS) is 13.5. The van der Waals surface area contributed by atoms with Crippen molar-refractivity contribution in [2.24, 2.45) is 0 Å². The van der Waals surface area contributed by atoms with E-state index in [9.17, 15) is 27.6 Å². The summed E-state index contributed by atoms with van der Waals surface area (Å²) in [5.74, 6) is -0.743. The second-order valence-corrected chi connectivity index (χ2v) is 10.7. The summed E-state index contributed by atoms with van der Waals surface area (Å²) in [6.07, 6.45) is -0.480. The lowest BCUT2D eigenvalue weighted by molar-refractivity contribution is -0.137. The third-order valence-electron chi connectivity index (χ3n) is 6.71. The zero-order chi connectivity index (χ0) is 27.2. The van der Waals surface area contributed by atoms with Crippen molar-refractivity contribution in [3.63, 3.8) is 0 Å². The van der Waals surface area contributed by atoms with Crippen molar-refractivity contribution in [3.05, 3.63) is 89.9 Å². The standard InChI is InChI=1S/C27H23ClF3N3O3S/c1-2-15-7-10-17(11-8-15)34-24(36)23-18-5-3-4-6-21(18)38-25(23)33(26(34)37)14-22(35)32-20-13-16(27(29,30)31)9-12-19(20)28/h7-13H,2-6,14H2,1H3,(H,32,35). The smallest absolute Gasteiger partial charge is 0.323 e. The Hall–Kier alpha value is -3.37. The van der Waals surface area contributed by atoms with Gasteiger partial charge in [-0.1, -0.05) is 30.7 Å². The van der Waals surface area contributed by atoms with E-state index in [1.165, 1.54) is 15.9 Å². The van der Waals surface area contributed by atoms with E-state index in [4.69, 9.17) is 11.6 Å². The lowest BCUT2D eigenvalue weighted by Gasteiger charge is -2.15. The van der Waals surface area contributed by atoms with E-state index in [1.807, 2.05) is 19.1 Å². The number of thiophene rings is 1. The Balaban J connectivity index is 1.62. The van der Waals surface area contributed by atoms with Crippen molar-refractivity contribution in [1.29, 1.82) is 0 Å². The number of halogens is 4. The van der Waals surface area contributed by atoms with Crippen LogP contribution in [0.15, 0.2) is 52.1 Å². The highest BCUT2D eigenvalue weighted by Crippen LogP contribution is 2.35. The van der Waals surface area contributed by atoms with Gasteiger partial charge < -0.3 is 5.32 Å². The second kappa shape index (κ2) is 10.1. The second-order valence-electron chi connectivity index (χ2n) is 9.16. The molecule has 0 atom stereocenters. The van der Waals surface area contributed by atoms with Crippen molar-refractivity contribution in [3.8, 4) is 5.69 Å². The molecule has 6 nitrogen and oxygen atoms in total. The molecule has 38 heavy (non-hydrogen) atoms. The van der Waals surface area contributed by atoms with Crippen LogP contribution in [0.4, 0.5) is 18.9 Å². The van der Waals surface area contributed by atoms with Gasteiger partial charge in [0.05, 0.1) is 27.3 Å². The van der Waals surface area contributed by atoms with E-state index in [0.717, 1.165) is 64.5 Å². The van der Waals surface area contributed by atoms with Gasteiger partial charge in [-0.25, -0.2) is 9.36 Å². The van der Waals surface area contributed by atoms with Crippen LogP contribution in [0.5, 0.6) is 0 Å². The number of nitrogens with zero attached hydrogens (tertiary/aromatic N) is 2. The monoisotopic (exact) mass is 561 g/mol. The van der Waals surface area contributed by atoms with Gasteiger partial charge in [0, 0.05) is 4.88 Å². The first-order valence-corrected chi connectivity index (χ1v) is 13.3. The Morgan fingerprint density at radius 1 is 1.08 bits per heavy atom. The first kappa shape index (κ1) is 26.2. The number of amides is 1. The van der Waals surface area contributed by atoms with Crippen LogP contribution in [0.25, 0.3) is 15.9 Å².